The minimum atomic E-state index is -0.356. The minimum Gasteiger partial charge on any atom is -0.342 e. The van der Waals surface area contributed by atoms with Crippen LogP contribution in [0.5, 0.6) is 0 Å². The van der Waals surface area contributed by atoms with Crippen molar-refractivity contribution in [2.75, 3.05) is 0 Å². The molecule has 3 rings (SSSR count). The van der Waals surface area contributed by atoms with E-state index in [9.17, 15) is 9.59 Å². The SMILES string of the molecule is CC(NC(=O)c1c[nH]c(=O)cn1)c1cn2ccsc2n1. The smallest absolute Gasteiger partial charge is 0.271 e. The molecule has 0 saturated heterocycles. The van der Waals surface area contributed by atoms with E-state index in [1.807, 2.05) is 29.1 Å². The van der Waals surface area contributed by atoms with Crippen molar-refractivity contribution in [3.8, 4) is 0 Å². The number of rotatable bonds is 3. The molecule has 0 aromatic carbocycles. The Labute approximate surface area is 117 Å². The average Bonchev–Trinajstić information content (AvgIpc) is 2.99. The van der Waals surface area contributed by atoms with E-state index in [-0.39, 0.29) is 23.2 Å². The summed E-state index contributed by atoms with van der Waals surface area (Å²) in [5.41, 5.74) is 0.594. The predicted molar refractivity (Wildman–Crippen MR) is 73.8 cm³/mol. The zero-order valence-corrected chi connectivity index (χ0v) is 11.3. The molecule has 2 N–H and O–H groups in total. The first-order chi connectivity index (χ1) is 9.63. The van der Waals surface area contributed by atoms with Crippen LogP contribution in [0.3, 0.4) is 0 Å². The number of amides is 1. The highest BCUT2D eigenvalue weighted by molar-refractivity contribution is 7.15. The monoisotopic (exact) mass is 289 g/mol. The van der Waals surface area contributed by atoms with Gasteiger partial charge in [-0.3, -0.25) is 14.0 Å². The molecule has 3 aromatic rings. The second-order valence-corrected chi connectivity index (χ2v) is 5.12. The number of carbonyl (C=O) groups is 1. The van der Waals surface area contributed by atoms with Gasteiger partial charge in [-0.1, -0.05) is 0 Å². The fourth-order valence-electron chi connectivity index (χ4n) is 1.77. The van der Waals surface area contributed by atoms with Gasteiger partial charge in [0, 0.05) is 24.0 Å². The van der Waals surface area contributed by atoms with Crippen molar-refractivity contribution >= 4 is 22.2 Å². The van der Waals surface area contributed by atoms with Crippen LogP contribution >= 0.6 is 11.3 Å². The number of aromatic amines is 1. The highest BCUT2D eigenvalue weighted by atomic mass is 32.1. The number of fused-ring (bicyclic) bond motifs is 1. The highest BCUT2D eigenvalue weighted by Gasteiger charge is 2.15. The van der Waals surface area contributed by atoms with Gasteiger partial charge in [0.05, 0.1) is 17.9 Å². The Kier molecular flexibility index (Phi) is 3.07. The Bertz CT molecular complexity index is 769. The molecule has 7 nitrogen and oxygen atoms in total. The van der Waals surface area contributed by atoms with Crippen LogP contribution in [0.25, 0.3) is 4.96 Å². The molecule has 1 unspecified atom stereocenters. The lowest BCUT2D eigenvalue weighted by molar-refractivity contribution is 0.0933. The fraction of sp³-hybridized carbons (Fsp3) is 0.167. The van der Waals surface area contributed by atoms with Crippen molar-refractivity contribution in [1.29, 1.82) is 0 Å². The molecule has 0 aliphatic rings. The van der Waals surface area contributed by atoms with Crippen LogP contribution < -0.4 is 10.9 Å². The minimum absolute atomic E-state index is 0.164. The number of nitrogens with zero attached hydrogens (tertiary/aromatic N) is 3. The van der Waals surface area contributed by atoms with Gasteiger partial charge in [-0.2, -0.15) is 0 Å². The molecule has 1 amide bonds. The molecule has 0 spiro atoms. The van der Waals surface area contributed by atoms with Crippen LogP contribution in [-0.2, 0) is 0 Å². The van der Waals surface area contributed by atoms with Gasteiger partial charge in [-0.25, -0.2) is 9.97 Å². The molecule has 0 aliphatic carbocycles. The Hall–Kier alpha value is -2.48. The van der Waals surface area contributed by atoms with Gasteiger partial charge in [0.2, 0.25) is 0 Å². The molecular formula is C12H11N5O2S. The first-order valence-corrected chi connectivity index (χ1v) is 6.79. The number of aromatic nitrogens is 4. The van der Waals surface area contributed by atoms with Gasteiger partial charge in [0.1, 0.15) is 5.69 Å². The topological polar surface area (TPSA) is 92.1 Å². The molecule has 102 valence electrons. The lowest BCUT2D eigenvalue weighted by Gasteiger charge is -2.10. The van der Waals surface area contributed by atoms with E-state index in [1.54, 1.807) is 0 Å². The normalized spacial score (nSPS) is 12.4. The summed E-state index contributed by atoms with van der Waals surface area (Å²) in [4.78, 5) is 34.4. The van der Waals surface area contributed by atoms with Crippen LogP contribution in [-0.4, -0.2) is 25.3 Å². The number of hydrogen-bond acceptors (Lipinski definition) is 5. The Morgan fingerprint density at radius 3 is 3.10 bits per heavy atom. The Morgan fingerprint density at radius 2 is 2.40 bits per heavy atom. The van der Waals surface area contributed by atoms with Crippen molar-refractivity contribution in [2.45, 2.75) is 13.0 Å². The third-order valence-corrected chi connectivity index (χ3v) is 3.58. The number of imidazole rings is 1. The van der Waals surface area contributed by atoms with E-state index >= 15 is 0 Å². The van der Waals surface area contributed by atoms with Gasteiger partial charge in [-0.05, 0) is 6.92 Å². The highest BCUT2D eigenvalue weighted by Crippen LogP contribution is 2.16. The van der Waals surface area contributed by atoms with Crippen LogP contribution in [0, 0.1) is 0 Å². The van der Waals surface area contributed by atoms with Gasteiger partial charge >= 0.3 is 0 Å². The molecule has 8 heteroatoms. The molecule has 0 aliphatic heterocycles. The van der Waals surface area contributed by atoms with Gasteiger partial charge in [-0.15, -0.1) is 11.3 Å². The molecule has 0 fully saturated rings. The van der Waals surface area contributed by atoms with E-state index in [0.717, 1.165) is 16.9 Å². The third-order valence-electron chi connectivity index (χ3n) is 2.81. The van der Waals surface area contributed by atoms with Gasteiger partial charge < -0.3 is 10.3 Å². The molecular weight excluding hydrogens is 278 g/mol. The van der Waals surface area contributed by atoms with Gasteiger partial charge in [0.15, 0.2) is 4.96 Å². The standard InChI is InChI=1S/C12H11N5O2S/c1-7(9-6-17-2-3-20-12(17)16-9)15-11(19)8-4-14-10(18)5-13-8/h2-7H,1H3,(H,14,18)(H,15,19). The number of H-pyrrole nitrogens is 1. The van der Waals surface area contributed by atoms with Crippen molar-refractivity contribution in [3.63, 3.8) is 0 Å². The second-order valence-electron chi connectivity index (χ2n) is 4.25. The predicted octanol–water partition coefficient (Wildman–Crippen LogP) is 0.970. The molecule has 3 heterocycles. The largest absolute Gasteiger partial charge is 0.342 e. The summed E-state index contributed by atoms with van der Waals surface area (Å²) in [6, 6.07) is -0.247. The maximum Gasteiger partial charge on any atom is 0.271 e. The lowest BCUT2D eigenvalue weighted by Crippen LogP contribution is -2.28. The van der Waals surface area contributed by atoms with E-state index < -0.39 is 0 Å². The van der Waals surface area contributed by atoms with Crippen LogP contribution in [0.4, 0.5) is 0 Å². The Morgan fingerprint density at radius 1 is 1.55 bits per heavy atom. The van der Waals surface area contributed by atoms with Crippen molar-refractivity contribution in [1.82, 2.24) is 24.7 Å². The first-order valence-electron chi connectivity index (χ1n) is 5.91. The summed E-state index contributed by atoms with van der Waals surface area (Å²) in [6.07, 6.45) is 6.15. The first kappa shape index (κ1) is 12.5. The van der Waals surface area contributed by atoms with Crippen LogP contribution in [0.1, 0.15) is 29.1 Å². The molecule has 3 aromatic heterocycles. The zero-order valence-electron chi connectivity index (χ0n) is 10.5. The fourth-order valence-corrected chi connectivity index (χ4v) is 2.47. The summed E-state index contributed by atoms with van der Waals surface area (Å²) < 4.78 is 1.90. The van der Waals surface area contributed by atoms with E-state index in [2.05, 4.69) is 20.3 Å². The van der Waals surface area contributed by atoms with E-state index in [0.29, 0.717) is 0 Å². The maximum atomic E-state index is 12.0. The van der Waals surface area contributed by atoms with Crippen molar-refractivity contribution in [3.05, 3.63) is 51.9 Å². The van der Waals surface area contributed by atoms with Gasteiger partial charge in [0.25, 0.3) is 11.5 Å². The number of carbonyl (C=O) groups excluding carboxylic acids is 1. The number of thiazole rings is 1. The number of hydrogen-bond donors (Lipinski definition) is 2. The molecule has 0 radical (unpaired) electrons. The molecule has 1 atom stereocenters. The Balaban J connectivity index is 1.76. The summed E-state index contributed by atoms with van der Waals surface area (Å²) in [7, 11) is 0. The van der Waals surface area contributed by atoms with Crippen LogP contribution in [0.15, 0.2) is 35.0 Å². The third kappa shape index (κ3) is 2.32. The van der Waals surface area contributed by atoms with Crippen molar-refractivity contribution in [2.24, 2.45) is 0 Å². The zero-order chi connectivity index (χ0) is 14.1. The van der Waals surface area contributed by atoms with E-state index in [1.165, 1.54) is 17.5 Å². The summed E-state index contributed by atoms with van der Waals surface area (Å²) in [6.45, 7) is 1.84. The summed E-state index contributed by atoms with van der Waals surface area (Å²) in [5, 5.41) is 4.73. The lowest BCUT2D eigenvalue weighted by atomic mass is 10.2. The van der Waals surface area contributed by atoms with E-state index in [4.69, 9.17) is 0 Å². The quantitative estimate of drug-likeness (QED) is 0.751. The molecule has 0 saturated carbocycles. The second kappa shape index (κ2) is 4.89. The molecule has 0 bridgehead atoms. The summed E-state index contributed by atoms with van der Waals surface area (Å²) >= 11 is 1.53. The number of nitrogens with one attached hydrogen (secondary N) is 2. The molecule has 20 heavy (non-hydrogen) atoms. The van der Waals surface area contributed by atoms with Crippen LogP contribution in [0.2, 0.25) is 0 Å². The van der Waals surface area contributed by atoms with Crippen molar-refractivity contribution < 1.29 is 4.79 Å². The maximum absolute atomic E-state index is 12.0. The average molecular weight is 289 g/mol. The summed E-state index contributed by atoms with van der Waals surface area (Å²) in [5.74, 6) is -0.356.